The van der Waals surface area contributed by atoms with Crippen molar-refractivity contribution in [3.05, 3.63) is 0 Å². The molecule has 126 valence electrons. The van der Waals surface area contributed by atoms with Crippen LogP contribution in [0.2, 0.25) is 0 Å². The molecule has 22 heavy (non-hydrogen) atoms. The first kappa shape index (κ1) is 18.5. The van der Waals surface area contributed by atoms with Gasteiger partial charge in [-0.25, -0.2) is 0 Å². The number of carbonyl (C=O) groups excluding carboxylic acids is 2. The second kappa shape index (κ2) is 9.43. The monoisotopic (exact) mass is 312 g/mol. The number of hydrogen-bond donors (Lipinski definition) is 2. The van der Waals surface area contributed by atoms with Gasteiger partial charge < -0.3 is 15.3 Å². The Morgan fingerprint density at radius 2 is 1.95 bits per heavy atom. The summed E-state index contributed by atoms with van der Waals surface area (Å²) < 4.78 is 0. The van der Waals surface area contributed by atoms with Gasteiger partial charge in [-0.15, -0.1) is 0 Å². The molecular weight excluding hydrogens is 284 g/mol. The Kier molecular flexibility index (Phi) is 7.91. The predicted octanol–water partition coefficient (Wildman–Crippen LogP) is 1.78. The first-order valence-corrected chi connectivity index (χ1v) is 8.17. The molecule has 2 amide bonds. The highest BCUT2D eigenvalue weighted by atomic mass is 16.4. The van der Waals surface area contributed by atoms with Crippen molar-refractivity contribution in [3.63, 3.8) is 0 Å². The number of carboxylic acids is 1. The van der Waals surface area contributed by atoms with Gasteiger partial charge in [-0.3, -0.25) is 14.4 Å². The maximum absolute atomic E-state index is 12.2. The Morgan fingerprint density at radius 3 is 2.59 bits per heavy atom. The number of carbonyl (C=O) groups is 3. The number of amides is 2. The molecule has 1 atom stereocenters. The third kappa shape index (κ3) is 7.43. The number of hydrogen-bond acceptors (Lipinski definition) is 3. The van der Waals surface area contributed by atoms with Gasteiger partial charge in [0.2, 0.25) is 11.8 Å². The number of nitrogens with zero attached hydrogens (tertiary/aromatic N) is 1. The Balaban J connectivity index is 2.26. The van der Waals surface area contributed by atoms with Gasteiger partial charge in [0.25, 0.3) is 0 Å². The minimum Gasteiger partial charge on any atom is -0.481 e. The maximum Gasteiger partial charge on any atom is 0.303 e. The zero-order valence-corrected chi connectivity index (χ0v) is 13.6. The molecule has 0 aromatic heterocycles. The van der Waals surface area contributed by atoms with Gasteiger partial charge in [-0.2, -0.15) is 0 Å². The smallest absolute Gasteiger partial charge is 0.303 e. The molecule has 0 saturated carbocycles. The molecule has 6 heteroatoms. The van der Waals surface area contributed by atoms with E-state index in [1.807, 2.05) is 18.7 Å². The van der Waals surface area contributed by atoms with E-state index in [-0.39, 0.29) is 30.2 Å². The number of piperidine rings is 1. The summed E-state index contributed by atoms with van der Waals surface area (Å²) >= 11 is 0. The van der Waals surface area contributed by atoms with Gasteiger partial charge in [0, 0.05) is 38.4 Å². The van der Waals surface area contributed by atoms with E-state index in [2.05, 4.69) is 5.32 Å². The SMILES string of the molecule is CC(C)NC(=O)CCCC(=O)N1CCCC(CCC(=O)O)C1. The van der Waals surface area contributed by atoms with Crippen LogP contribution in [0.25, 0.3) is 0 Å². The highest BCUT2D eigenvalue weighted by Gasteiger charge is 2.23. The zero-order valence-electron chi connectivity index (χ0n) is 13.6. The molecule has 2 N–H and O–H groups in total. The topological polar surface area (TPSA) is 86.7 Å². The Bertz CT molecular complexity index is 396. The molecule has 1 fully saturated rings. The summed E-state index contributed by atoms with van der Waals surface area (Å²) in [5.74, 6) is -0.421. The van der Waals surface area contributed by atoms with Crippen LogP contribution in [-0.2, 0) is 14.4 Å². The van der Waals surface area contributed by atoms with E-state index in [1.165, 1.54) is 0 Å². The number of aliphatic carboxylic acids is 1. The van der Waals surface area contributed by atoms with Gasteiger partial charge >= 0.3 is 5.97 Å². The van der Waals surface area contributed by atoms with Crippen molar-refractivity contribution in [1.29, 1.82) is 0 Å². The normalized spacial score (nSPS) is 18.3. The minimum atomic E-state index is -0.778. The number of rotatable bonds is 8. The van der Waals surface area contributed by atoms with Crippen LogP contribution in [0.1, 0.15) is 58.8 Å². The summed E-state index contributed by atoms with van der Waals surface area (Å²) in [6.45, 7) is 5.23. The van der Waals surface area contributed by atoms with Crippen LogP contribution in [-0.4, -0.2) is 46.9 Å². The molecule has 1 heterocycles. The zero-order chi connectivity index (χ0) is 16.5. The fourth-order valence-corrected chi connectivity index (χ4v) is 2.81. The second-order valence-corrected chi connectivity index (χ2v) is 6.36. The molecule has 0 radical (unpaired) electrons. The van der Waals surface area contributed by atoms with E-state index in [9.17, 15) is 14.4 Å². The molecule has 1 aliphatic rings. The first-order valence-electron chi connectivity index (χ1n) is 8.17. The predicted molar refractivity (Wildman–Crippen MR) is 83.3 cm³/mol. The van der Waals surface area contributed by atoms with Gasteiger partial charge in [0.05, 0.1) is 0 Å². The lowest BCUT2D eigenvalue weighted by atomic mass is 9.93. The fourth-order valence-electron chi connectivity index (χ4n) is 2.81. The molecular formula is C16H28N2O4. The summed E-state index contributed by atoms with van der Waals surface area (Å²) in [6.07, 6.45) is 4.06. The molecule has 0 spiro atoms. The molecule has 1 rings (SSSR count). The second-order valence-electron chi connectivity index (χ2n) is 6.36. The fraction of sp³-hybridized carbons (Fsp3) is 0.812. The van der Waals surface area contributed by atoms with Crippen molar-refractivity contribution in [2.45, 2.75) is 64.8 Å². The van der Waals surface area contributed by atoms with E-state index < -0.39 is 5.97 Å². The van der Waals surface area contributed by atoms with Crippen LogP contribution >= 0.6 is 0 Å². The molecule has 1 unspecified atom stereocenters. The van der Waals surface area contributed by atoms with Gasteiger partial charge in [0.1, 0.15) is 0 Å². The van der Waals surface area contributed by atoms with Crippen molar-refractivity contribution >= 4 is 17.8 Å². The summed E-state index contributed by atoms with van der Waals surface area (Å²) in [5.41, 5.74) is 0. The molecule has 0 aliphatic carbocycles. The van der Waals surface area contributed by atoms with Crippen LogP contribution in [0.3, 0.4) is 0 Å². The maximum atomic E-state index is 12.2. The average Bonchev–Trinajstić information content (AvgIpc) is 2.44. The Hall–Kier alpha value is -1.59. The van der Waals surface area contributed by atoms with E-state index in [0.717, 1.165) is 19.4 Å². The molecule has 1 saturated heterocycles. The highest BCUT2D eigenvalue weighted by molar-refractivity contribution is 5.79. The molecule has 6 nitrogen and oxygen atoms in total. The first-order chi connectivity index (χ1) is 10.4. The Labute approximate surface area is 132 Å². The molecule has 1 aliphatic heterocycles. The third-order valence-electron chi connectivity index (χ3n) is 3.88. The number of likely N-dealkylation sites (tertiary alicyclic amines) is 1. The largest absolute Gasteiger partial charge is 0.481 e. The summed E-state index contributed by atoms with van der Waals surface area (Å²) in [4.78, 5) is 36.1. The van der Waals surface area contributed by atoms with Crippen LogP contribution in [0.15, 0.2) is 0 Å². The highest BCUT2D eigenvalue weighted by Crippen LogP contribution is 2.21. The third-order valence-corrected chi connectivity index (χ3v) is 3.88. The van der Waals surface area contributed by atoms with Crippen molar-refractivity contribution in [2.75, 3.05) is 13.1 Å². The lowest BCUT2D eigenvalue weighted by Gasteiger charge is -2.32. The summed E-state index contributed by atoms with van der Waals surface area (Å²) in [7, 11) is 0. The van der Waals surface area contributed by atoms with Crippen LogP contribution in [0.5, 0.6) is 0 Å². The summed E-state index contributed by atoms with van der Waals surface area (Å²) in [5, 5.41) is 11.5. The average molecular weight is 312 g/mol. The van der Waals surface area contributed by atoms with Crippen molar-refractivity contribution in [3.8, 4) is 0 Å². The van der Waals surface area contributed by atoms with Gasteiger partial charge in [-0.05, 0) is 45.4 Å². The van der Waals surface area contributed by atoms with Crippen molar-refractivity contribution < 1.29 is 19.5 Å². The van der Waals surface area contributed by atoms with Crippen LogP contribution < -0.4 is 5.32 Å². The summed E-state index contributed by atoms with van der Waals surface area (Å²) in [6, 6.07) is 0.125. The number of carboxylic acid groups (broad SMARTS) is 1. The van der Waals surface area contributed by atoms with Gasteiger partial charge in [0.15, 0.2) is 0 Å². The van der Waals surface area contributed by atoms with Crippen LogP contribution in [0, 0.1) is 5.92 Å². The van der Waals surface area contributed by atoms with Crippen LogP contribution in [0.4, 0.5) is 0 Å². The lowest BCUT2D eigenvalue weighted by Crippen LogP contribution is -2.40. The Morgan fingerprint density at radius 1 is 1.23 bits per heavy atom. The standard InChI is InChI=1S/C16H28N2O4/c1-12(2)17-14(19)6-3-7-15(20)18-10-4-5-13(11-18)8-9-16(21)22/h12-13H,3-11H2,1-2H3,(H,17,19)(H,21,22). The minimum absolute atomic E-state index is 0.0132. The van der Waals surface area contributed by atoms with E-state index in [0.29, 0.717) is 32.2 Å². The number of nitrogens with one attached hydrogen (secondary N) is 1. The quantitative estimate of drug-likeness (QED) is 0.715. The van der Waals surface area contributed by atoms with E-state index >= 15 is 0 Å². The molecule has 0 aromatic carbocycles. The van der Waals surface area contributed by atoms with E-state index in [4.69, 9.17) is 5.11 Å². The van der Waals surface area contributed by atoms with E-state index in [1.54, 1.807) is 0 Å². The lowest BCUT2D eigenvalue weighted by molar-refractivity contribution is -0.137. The van der Waals surface area contributed by atoms with Crippen molar-refractivity contribution in [2.24, 2.45) is 5.92 Å². The molecule has 0 bridgehead atoms. The molecule has 0 aromatic rings. The van der Waals surface area contributed by atoms with Gasteiger partial charge in [-0.1, -0.05) is 0 Å². The van der Waals surface area contributed by atoms with Crippen molar-refractivity contribution in [1.82, 2.24) is 10.2 Å².